The van der Waals surface area contributed by atoms with Crippen molar-refractivity contribution in [3.8, 4) is 11.8 Å². The zero-order valence-electron chi connectivity index (χ0n) is 11.1. The summed E-state index contributed by atoms with van der Waals surface area (Å²) in [6.07, 6.45) is 0.856. The number of aliphatic hydroxyl groups is 1. The van der Waals surface area contributed by atoms with Crippen LogP contribution in [0.25, 0.3) is 0 Å². The molecule has 2 aromatic rings. The number of rotatable bonds is 4. The van der Waals surface area contributed by atoms with Crippen LogP contribution < -0.4 is 5.32 Å². The molecule has 2 aromatic heterocycles. The number of nitrogens with one attached hydrogen (secondary N) is 1. The summed E-state index contributed by atoms with van der Waals surface area (Å²) in [5.41, 5.74) is 0. The van der Waals surface area contributed by atoms with E-state index in [9.17, 15) is 4.79 Å². The van der Waals surface area contributed by atoms with Crippen molar-refractivity contribution in [3.05, 3.63) is 44.3 Å². The Labute approximate surface area is 126 Å². The molecule has 0 aliphatic rings. The van der Waals surface area contributed by atoms with E-state index in [1.807, 2.05) is 17.5 Å². The Hall–Kier alpha value is -1.61. The van der Waals surface area contributed by atoms with E-state index in [-0.39, 0.29) is 18.6 Å². The Morgan fingerprint density at radius 1 is 1.45 bits per heavy atom. The molecule has 104 valence electrons. The number of carbonyl (C=O) groups is 1. The first-order valence-electron chi connectivity index (χ1n) is 6.28. The molecule has 1 atom stereocenters. The lowest BCUT2D eigenvalue weighted by Crippen LogP contribution is -2.26. The molecule has 0 spiro atoms. The smallest absolute Gasteiger partial charge is 0.261 e. The van der Waals surface area contributed by atoms with E-state index in [2.05, 4.69) is 24.1 Å². The maximum atomic E-state index is 12.2. The summed E-state index contributed by atoms with van der Waals surface area (Å²) in [6.45, 7) is 1.88. The second kappa shape index (κ2) is 7.25. The molecule has 1 amide bonds. The first-order valence-corrected chi connectivity index (χ1v) is 7.98. The van der Waals surface area contributed by atoms with E-state index in [1.54, 1.807) is 23.5 Å². The number of thiophene rings is 2. The quantitative estimate of drug-likeness (QED) is 0.853. The van der Waals surface area contributed by atoms with E-state index in [0.29, 0.717) is 4.88 Å². The third kappa shape index (κ3) is 3.70. The Morgan fingerprint density at radius 2 is 2.30 bits per heavy atom. The lowest BCUT2D eigenvalue weighted by molar-refractivity contribution is 0.0940. The van der Waals surface area contributed by atoms with Crippen molar-refractivity contribution >= 4 is 28.6 Å². The molecule has 0 aromatic carbocycles. The van der Waals surface area contributed by atoms with Crippen LogP contribution in [0.1, 0.15) is 38.8 Å². The minimum absolute atomic E-state index is 0.0524. The molecule has 2 rings (SSSR count). The predicted octanol–water partition coefficient (Wildman–Crippen LogP) is 3.03. The highest BCUT2D eigenvalue weighted by Gasteiger charge is 2.16. The van der Waals surface area contributed by atoms with Gasteiger partial charge in [0.1, 0.15) is 6.61 Å². The highest BCUT2D eigenvalue weighted by molar-refractivity contribution is 7.14. The van der Waals surface area contributed by atoms with Crippen molar-refractivity contribution in [1.29, 1.82) is 0 Å². The molecule has 0 aliphatic carbocycles. The van der Waals surface area contributed by atoms with E-state index in [4.69, 9.17) is 5.11 Å². The average molecular weight is 305 g/mol. The third-order valence-corrected chi connectivity index (χ3v) is 4.71. The van der Waals surface area contributed by atoms with Gasteiger partial charge in [-0.1, -0.05) is 24.8 Å². The minimum atomic E-state index is -0.171. The van der Waals surface area contributed by atoms with Crippen LogP contribution in [0.5, 0.6) is 0 Å². The first-order chi connectivity index (χ1) is 9.74. The van der Waals surface area contributed by atoms with Crippen molar-refractivity contribution in [2.45, 2.75) is 19.4 Å². The molecule has 0 aliphatic heterocycles. The zero-order chi connectivity index (χ0) is 14.4. The number of amides is 1. The zero-order valence-corrected chi connectivity index (χ0v) is 12.7. The molecule has 2 heterocycles. The highest BCUT2D eigenvalue weighted by Crippen LogP contribution is 2.23. The Balaban J connectivity index is 2.05. The van der Waals surface area contributed by atoms with Gasteiger partial charge in [-0.15, -0.1) is 22.7 Å². The van der Waals surface area contributed by atoms with Gasteiger partial charge < -0.3 is 10.4 Å². The van der Waals surface area contributed by atoms with E-state index >= 15 is 0 Å². The summed E-state index contributed by atoms with van der Waals surface area (Å²) in [5.74, 6) is 5.31. The Morgan fingerprint density at radius 3 is 2.95 bits per heavy atom. The summed E-state index contributed by atoms with van der Waals surface area (Å²) >= 11 is 2.98. The molecule has 0 saturated carbocycles. The van der Waals surface area contributed by atoms with Crippen LogP contribution in [0.4, 0.5) is 0 Å². The Kier molecular flexibility index (Phi) is 5.36. The van der Waals surface area contributed by atoms with Crippen LogP contribution in [-0.2, 0) is 0 Å². The molecule has 0 radical (unpaired) electrons. The van der Waals surface area contributed by atoms with E-state index < -0.39 is 0 Å². The van der Waals surface area contributed by atoms with Gasteiger partial charge in [0.25, 0.3) is 5.91 Å². The standard InChI is InChI=1S/C15H15NO2S2/c1-2-12(13-6-4-10-19-13)16-15(18)14-8-7-11(20-14)5-3-9-17/h4,6-8,10,12,17H,2,9H2,1H3,(H,16,18). The molecule has 1 unspecified atom stereocenters. The monoisotopic (exact) mass is 305 g/mol. The molecule has 2 N–H and O–H groups in total. The van der Waals surface area contributed by atoms with E-state index in [1.165, 1.54) is 11.3 Å². The van der Waals surface area contributed by atoms with Crippen LogP contribution in [0.15, 0.2) is 29.6 Å². The van der Waals surface area contributed by atoms with Crippen molar-refractivity contribution in [3.63, 3.8) is 0 Å². The predicted molar refractivity (Wildman–Crippen MR) is 83.1 cm³/mol. The number of hydrogen-bond acceptors (Lipinski definition) is 4. The summed E-state index contributed by atoms with van der Waals surface area (Å²) in [7, 11) is 0. The summed E-state index contributed by atoms with van der Waals surface area (Å²) in [5, 5.41) is 13.7. The minimum Gasteiger partial charge on any atom is -0.384 e. The highest BCUT2D eigenvalue weighted by atomic mass is 32.1. The fraction of sp³-hybridized carbons (Fsp3) is 0.267. The molecule has 5 heteroatoms. The van der Waals surface area contributed by atoms with Gasteiger partial charge >= 0.3 is 0 Å². The summed E-state index contributed by atoms with van der Waals surface area (Å²) < 4.78 is 0. The van der Waals surface area contributed by atoms with Gasteiger partial charge in [-0.25, -0.2) is 0 Å². The SMILES string of the molecule is CCC(NC(=O)c1ccc(C#CCO)s1)c1cccs1. The van der Waals surface area contributed by atoms with Crippen molar-refractivity contribution < 1.29 is 9.90 Å². The molecule has 0 bridgehead atoms. The fourth-order valence-corrected chi connectivity index (χ4v) is 3.39. The van der Waals surface area contributed by atoms with Crippen LogP contribution in [0.3, 0.4) is 0 Å². The van der Waals surface area contributed by atoms with Crippen LogP contribution in [0.2, 0.25) is 0 Å². The van der Waals surface area contributed by atoms with Gasteiger partial charge in [-0.05, 0) is 30.0 Å². The maximum Gasteiger partial charge on any atom is 0.261 e. The van der Waals surface area contributed by atoms with Crippen LogP contribution >= 0.6 is 22.7 Å². The Bertz CT molecular complexity index is 620. The lowest BCUT2D eigenvalue weighted by atomic mass is 10.2. The molecule has 20 heavy (non-hydrogen) atoms. The maximum absolute atomic E-state index is 12.2. The first kappa shape index (κ1) is 14.8. The van der Waals surface area contributed by atoms with Crippen LogP contribution in [-0.4, -0.2) is 17.6 Å². The van der Waals surface area contributed by atoms with Gasteiger partial charge in [0.15, 0.2) is 0 Å². The molecule has 0 fully saturated rings. The van der Waals surface area contributed by atoms with Crippen LogP contribution in [0, 0.1) is 11.8 Å². The normalized spacial score (nSPS) is 11.5. The topological polar surface area (TPSA) is 49.3 Å². The number of hydrogen-bond donors (Lipinski definition) is 2. The molecular formula is C15H15NO2S2. The van der Waals surface area contributed by atoms with Gasteiger partial charge in [-0.2, -0.15) is 0 Å². The fourth-order valence-electron chi connectivity index (χ4n) is 1.75. The number of aliphatic hydroxyl groups excluding tert-OH is 1. The third-order valence-electron chi connectivity index (χ3n) is 2.72. The average Bonchev–Trinajstić information content (AvgIpc) is 3.13. The van der Waals surface area contributed by atoms with Gasteiger partial charge in [0.2, 0.25) is 0 Å². The van der Waals surface area contributed by atoms with Crippen molar-refractivity contribution in [2.75, 3.05) is 6.61 Å². The molecular weight excluding hydrogens is 290 g/mol. The summed E-state index contributed by atoms with van der Waals surface area (Å²) in [6, 6.07) is 7.64. The largest absolute Gasteiger partial charge is 0.384 e. The van der Waals surface area contributed by atoms with Crippen molar-refractivity contribution in [1.82, 2.24) is 5.32 Å². The number of carbonyl (C=O) groups excluding carboxylic acids is 1. The van der Waals surface area contributed by atoms with Gasteiger partial charge in [0.05, 0.1) is 15.8 Å². The molecule has 3 nitrogen and oxygen atoms in total. The van der Waals surface area contributed by atoms with E-state index in [0.717, 1.165) is 16.2 Å². The van der Waals surface area contributed by atoms with Gasteiger partial charge in [-0.3, -0.25) is 4.79 Å². The van der Waals surface area contributed by atoms with Gasteiger partial charge in [0, 0.05) is 4.88 Å². The second-order valence-electron chi connectivity index (χ2n) is 4.07. The second-order valence-corrected chi connectivity index (χ2v) is 6.14. The van der Waals surface area contributed by atoms with Crippen molar-refractivity contribution in [2.24, 2.45) is 0 Å². The summed E-state index contributed by atoms with van der Waals surface area (Å²) in [4.78, 5) is 14.8. The lowest BCUT2D eigenvalue weighted by Gasteiger charge is -2.14. The molecule has 0 saturated heterocycles.